The summed E-state index contributed by atoms with van der Waals surface area (Å²) in [7, 11) is 0. The summed E-state index contributed by atoms with van der Waals surface area (Å²) in [6, 6.07) is 0. The van der Waals surface area contributed by atoms with Crippen molar-refractivity contribution in [3.63, 3.8) is 0 Å². The molecule has 0 aliphatic heterocycles. The molecule has 0 aliphatic carbocycles. The Morgan fingerprint density at radius 2 is 2.31 bits per heavy atom. The Morgan fingerprint density at radius 3 is 2.77 bits per heavy atom. The van der Waals surface area contributed by atoms with Crippen molar-refractivity contribution >= 4 is 5.91 Å². The fourth-order valence-electron chi connectivity index (χ4n) is 0.873. The minimum absolute atomic E-state index is 0.114. The van der Waals surface area contributed by atoms with E-state index < -0.39 is 0 Å². The smallest absolute Gasteiger partial charge is 0.229 e. The van der Waals surface area contributed by atoms with Crippen molar-refractivity contribution in [2.75, 3.05) is 0 Å². The molecule has 0 unspecified atom stereocenters. The van der Waals surface area contributed by atoms with E-state index in [0.717, 1.165) is 0 Å². The van der Waals surface area contributed by atoms with Crippen molar-refractivity contribution in [3.8, 4) is 0 Å². The Balaban J connectivity index is 2.43. The highest BCUT2D eigenvalue weighted by molar-refractivity contribution is 5.78. The molecule has 13 heavy (non-hydrogen) atoms. The largest absolute Gasteiger partial charge is 0.427 e. The monoisotopic (exact) mass is 183 g/mol. The molecule has 0 saturated carbocycles. The van der Waals surface area contributed by atoms with Gasteiger partial charge in [0.25, 0.3) is 0 Å². The Bertz CT molecular complexity index is 274. The highest BCUT2D eigenvalue weighted by Crippen LogP contribution is 2.00. The molecule has 0 bridgehead atoms. The Labute approximate surface area is 76.5 Å². The van der Waals surface area contributed by atoms with Crippen LogP contribution in [0.25, 0.3) is 0 Å². The second-order valence-electron chi connectivity index (χ2n) is 3.81. The van der Waals surface area contributed by atoms with Gasteiger partial charge in [0.1, 0.15) is 6.42 Å². The van der Waals surface area contributed by atoms with Crippen LogP contribution < -0.4 is 5.32 Å². The first-order chi connectivity index (χ1) is 5.97. The molecule has 1 N–H and O–H groups in total. The average Bonchev–Trinajstić information content (AvgIpc) is 2.34. The summed E-state index contributed by atoms with van der Waals surface area (Å²) < 4.78 is 4.84. The number of nitrogens with one attached hydrogen (secondary N) is 1. The van der Waals surface area contributed by atoms with E-state index in [0.29, 0.717) is 5.89 Å². The van der Waals surface area contributed by atoms with E-state index in [1.807, 2.05) is 20.8 Å². The summed E-state index contributed by atoms with van der Waals surface area (Å²) in [4.78, 5) is 11.3. The van der Waals surface area contributed by atoms with E-state index in [2.05, 4.69) is 15.5 Å². The third kappa shape index (κ3) is 3.68. The zero-order valence-electron chi connectivity index (χ0n) is 8.00. The van der Waals surface area contributed by atoms with Crippen molar-refractivity contribution < 1.29 is 9.21 Å². The van der Waals surface area contributed by atoms with Crippen molar-refractivity contribution in [2.24, 2.45) is 0 Å². The van der Waals surface area contributed by atoms with Crippen molar-refractivity contribution in [1.29, 1.82) is 0 Å². The first kappa shape index (κ1) is 9.70. The topological polar surface area (TPSA) is 68.0 Å². The first-order valence-corrected chi connectivity index (χ1v) is 4.03. The molecule has 1 amide bonds. The van der Waals surface area contributed by atoms with E-state index >= 15 is 0 Å². The predicted molar refractivity (Wildman–Crippen MR) is 45.9 cm³/mol. The van der Waals surface area contributed by atoms with Gasteiger partial charge in [-0.05, 0) is 20.8 Å². The van der Waals surface area contributed by atoms with Crippen LogP contribution in [0, 0.1) is 0 Å². The predicted octanol–water partition coefficient (Wildman–Crippen LogP) is 0.527. The molecule has 1 heterocycles. The second kappa shape index (κ2) is 3.55. The maximum atomic E-state index is 11.3. The van der Waals surface area contributed by atoms with Crippen LogP contribution in [0.15, 0.2) is 10.8 Å². The minimum atomic E-state index is -0.225. The molecule has 5 nitrogen and oxygen atoms in total. The van der Waals surface area contributed by atoms with Crippen LogP contribution in [0.3, 0.4) is 0 Å². The molecule has 0 aromatic carbocycles. The lowest BCUT2D eigenvalue weighted by molar-refractivity contribution is -0.122. The van der Waals surface area contributed by atoms with Crippen molar-refractivity contribution in [2.45, 2.75) is 32.7 Å². The first-order valence-electron chi connectivity index (χ1n) is 4.03. The Kier molecular flexibility index (Phi) is 2.65. The maximum absolute atomic E-state index is 11.3. The molecule has 0 fully saturated rings. The molecule has 1 aromatic heterocycles. The molecule has 0 saturated heterocycles. The zero-order chi connectivity index (χ0) is 9.90. The molecule has 5 heteroatoms. The van der Waals surface area contributed by atoms with Gasteiger partial charge in [-0.2, -0.15) is 0 Å². The summed E-state index contributed by atoms with van der Waals surface area (Å²) in [5.74, 6) is 0.221. The molecule has 0 atom stereocenters. The third-order valence-corrected chi connectivity index (χ3v) is 1.23. The molecular formula is C8H13N3O2. The molecule has 1 aromatic rings. The standard InChI is InChI=1S/C8H13N3O2/c1-8(2,3)10-6(12)4-7-11-9-5-13-7/h5H,4H2,1-3H3,(H,10,12). The molecular weight excluding hydrogens is 170 g/mol. The second-order valence-corrected chi connectivity index (χ2v) is 3.81. The average molecular weight is 183 g/mol. The van der Waals surface area contributed by atoms with Crippen LogP contribution in [-0.2, 0) is 11.2 Å². The fraction of sp³-hybridized carbons (Fsp3) is 0.625. The number of rotatable bonds is 2. The van der Waals surface area contributed by atoms with Gasteiger partial charge in [0.15, 0.2) is 0 Å². The molecule has 1 rings (SSSR count). The van der Waals surface area contributed by atoms with Crippen LogP contribution >= 0.6 is 0 Å². The highest BCUT2D eigenvalue weighted by Gasteiger charge is 2.15. The van der Waals surface area contributed by atoms with Crippen molar-refractivity contribution in [1.82, 2.24) is 15.5 Å². The summed E-state index contributed by atoms with van der Waals surface area (Å²) in [6.07, 6.45) is 1.34. The quantitative estimate of drug-likeness (QED) is 0.726. The van der Waals surface area contributed by atoms with Gasteiger partial charge in [-0.25, -0.2) is 0 Å². The van der Waals surface area contributed by atoms with E-state index in [9.17, 15) is 4.79 Å². The lowest BCUT2D eigenvalue weighted by Crippen LogP contribution is -2.41. The van der Waals surface area contributed by atoms with Gasteiger partial charge in [-0.1, -0.05) is 0 Å². The number of carbonyl (C=O) groups is 1. The number of hydrogen-bond acceptors (Lipinski definition) is 4. The molecule has 0 radical (unpaired) electrons. The molecule has 72 valence electrons. The summed E-state index contributed by atoms with van der Waals surface area (Å²) in [5.41, 5.74) is -0.225. The third-order valence-electron chi connectivity index (χ3n) is 1.23. The minimum Gasteiger partial charge on any atom is -0.427 e. The van der Waals surface area contributed by atoms with Crippen LogP contribution in [0.1, 0.15) is 26.7 Å². The summed E-state index contributed by atoms with van der Waals surface area (Å²) in [5, 5.41) is 9.87. The maximum Gasteiger partial charge on any atom is 0.229 e. The number of amides is 1. The van der Waals surface area contributed by atoms with Crippen LogP contribution in [0.5, 0.6) is 0 Å². The van der Waals surface area contributed by atoms with Crippen molar-refractivity contribution in [3.05, 3.63) is 12.3 Å². The van der Waals surface area contributed by atoms with Crippen LogP contribution in [0.2, 0.25) is 0 Å². The number of hydrogen-bond donors (Lipinski definition) is 1. The van der Waals surface area contributed by atoms with E-state index in [1.165, 1.54) is 6.39 Å². The van der Waals surface area contributed by atoms with Gasteiger partial charge in [-0.15, -0.1) is 10.2 Å². The number of carbonyl (C=O) groups excluding carboxylic acids is 1. The van der Waals surface area contributed by atoms with E-state index in [-0.39, 0.29) is 17.9 Å². The van der Waals surface area contributed by atoms with Crippen LogP contribution in [-0.4, -0.2) is 21.6 Å². The zero-order valence-corrected chi connectivity index (χ0v) is 8.00. The van der Waals surface area contributed by atoms with Gasteiger partial charge in [0.05, 0.1) is 0 Å². The highest BCUT2D eigenvalue weighted by atomic mass is 16.4. The van der Waals surface area contributed by atoms with E-state index in [1.54, 1.807) is 0 Å². The fourth-order valence-corrected chi connectivity index (χ4v) is 0.873. The number of aromatic nitrogens is 2. The lowest BCUT2D eigenvalue weighted by atomic mass is 10.1. The SMILES string of the molecule is CC(C)(C)NC(=O)Cc1nnco1. The van der Waals surface area contributed by atoms with Crippen LogP contribution in [0.4, 0.5) is 0 Å². The molecule has 0 aliphatic rings. The normalized spacial score (nSPS) is 11.3. The Hall–Kier alpha value is -1.39. The summed E-state index contributed by atoms with van der Waals surface area (Å²) in [6.45, 7) is 5.75. The molecule has 0 spiro atoms. The van der Waals surface area contributed by atoms with Gasteiger partial charge < -0.3 is 9.73 Å². The summed E-state index contributed by atoms with van der Waals surface area (Å²) >= 11 is 0. The Morgan fingerprint density at radius 1 is 1.62 bits per heavy atom. The number of nitrogens with zero attached hydrogens (tertiary/aromatic N) is 2. The lowest BCUT2D eigenvalue weighted by Gasteiger charge is -2.19. The van der Waals surface area contributed by atoms with Gasteiger partial charge in [-0.3, -0.25) is 4.79 Å². The van der Waals surface area contributed by atoms with Gasteiger partial charge in [0.2, 0.25) is 18.2 Å². The van der Waals surface area contributed by atoms with Gasteiger partial charge >= 0.3 is 0 Å². The van der Waals surface area contributed by atoms with E-state index in [4.69, 9.17) is 4.42 Å². The van der Waals surface area contributed by atoms with Gasteiger partial charge in [0, 0.05) is 5.54 Å².